The quantitative estimate of drug-likeness (QED) is 0.775. The number of hydrogen-bond donors (Lipinski definition) is 0. The van der Waals surface area contributed by atoms with E-state index >= 15 is 0 Å². The van der Waals surface area contributed by atoms with Crippen LogP contribution < -0.4 is 0 Å². The van der Waals surface area contributed by atoms with Gasteiger partial charge in [0, 0.05) is 30.8 Å². The lowest BCUT2D eigenvalue weighted by molar-refractivity contribution is 0.0786. The molecule has 0 saturated carbocycles. The maximum absolute atomic E-state index is 12.6. The number of carbonyl (C=O) groups excluding carboxylic acids is 1. The number of hydrogen-bond acceptors (Lipinski definition) is 1. The molecule has 0 unspecified atom stereocenters. The van der Waals surface area contributed by atoms with Crippen LogP contribution in [0.15, 0.2) is 47.1 Å². The number of nitrogens with zero attached hydrogens (tertiary/aromatic N) is 2. The molecule has 2 rings (SSSR count). The van der Waals surface area contributed by atoms with Crippen LogP contribution in [0.1, 0.15) is 29.4 Å². The van der Waals surface area contributed by atoms with Crippen molar-refractivity contribution in [2.45, 2.75) is 26.3 Å². The molecule has 0 atom stereocenters. The van der Waals surface area contributed by atoms with Crippen molar-refractivity contribution in [3.63, 3.8) is 0 Å². The summed E-state index contributed by atoms with van der Waals surface area (Å²) in [7, 11) is 1.86. The predicted molar refractivity (Wildman–Crippen MR) is 89.5 cm³/mol. The Morgan fingerprint density at radius 3 is 2.67 bits per heavy atom. The average Bonchev–Trinajstić information content (AvgIpc) is 2.86. The van der Waals surface area contributed by atoms with Gasteiger partial charge in [0.15, 0.2) is 0 Å². The van der Waals surface area contributed by atoms with Gasteiger partial charge < -0.3 is 9.47 Å². The third-order valence-electron chi connectivity index (χ3n) is 3.47. The highest BCUT2D eigenvalue weighted by Crippen LogP contribution is 2.17. The molecule has 3 nitrogen and oxygen atoms in total. The van der Waals surface area contributed by atoms with Crippen molar-refractivity contribution >= 4 is 21.8 Å². The first-order valence-electron chi connectivity index (χ1n) is 7.27. The van der Waals surface area contributed by atoms with Gasteiger partial charge in [-0.3, -0.25) is 4.79 Å². The van der Waals surface area contributed by atoms with Crippen molar-refractivity contribution in [1.29, 1.82) is 0 Å². The van der Waals surface area contributed by atoms with E-state index in [9.17, 15) is 4.79 Å². The lowest BCUT2D eigenvalue weighted by Gasteiger charge is -2.18. The fourth-order valence-corrected chi connectivity index (χ4v) is 2.78. The van der Waals surface area contributed by atoms with Crippen LogP contribution in [0.25, 0.3) is 0 Å². The van der Waals surface area contributed by atoms with Gasteiger partial charge in [0.2, 0.25) is 0 Å². The summed E-state index contributed by atoms with van der Waals surface area (Å²) >= 11 is 3.45. The Morgan fingerprint density at radius 2 is 2.00 bits per heavy atom. The van der Waals surface area contributed by atoms with Gasteiger partial charge >= 0.3 is 0 Å². The van der Waals surface area contributed by atoms with Crippen LogP contribution in [-0.2, 0) is 13.0 Å². The van der Waals surface area contributed by atoms with Gasteiger partial charge in [-0.05, 0) is 40.4 Å². The highest BCUT2D eigenvalue weighted by Gasteiger charge is 2.16. The summed E-state index contributed by atoms with van der Waals surface area (Å²) in [5.74, 6) is 0.0741. The normalized spacial score (nSPS) is 10.6. The van der Waals surface area contributed by atoms with Crippen molar-refractivity contribution < 1.29 is 4.79 Å². The molecule has 0 saturated heterocycles. The first-order valence-corrected chi connectivity index (χ1v) is 8.06. The summed E-state index contributed by atoms with van der Waals surface area (Å²) in [6.45, 7) is 3.69. The van der Waals surface area contributed by atoms with Gasteiger partial charge in [0.05, 0.1) is 0 Å². The van der Waals surface area contributed by atoms with E-state index in [-0.39, 0.29) is 5.91 Å². The Balaban J connectivity index is 2.02. The zero-order valence-electron chi connectivity index (χ0n) is 12.6. The van der Waals surface area contributed by atoms with Gasteiger partial charge in [-0.2, -0.15) is 0 Å². The SMILES string of the molecule is CCCn1cc(Br)cc1C(=O)N(C)CCc1ccccc1. The smallest absolute Gasteiger partial charge is 0.270 e. The lowest BCUT2D eigenvalue weighted by Crippen LogP contribution is -2.30. The summed E-state index contributed by atoms with van der Waals surface area (Å²) in [6, 6.07) is 12.1. The van der Waals surface area contributed by atoms with Crippen LogP contribution in [0.4, 0.5) is 0 Å². The van der Waals surface area contributed by atoms with E-state index in [2.05, 4.69) is 35.0 Å². The number of carbonyl (C=O) groups is 1. The van der Waals surface area contributed by atoms with Crippen molar-refractivity contribution in [3.05, 3.63) is 58.3 Å². The Morgan fingerprint density at radius 1 is 1.29 bits per heavy atom. The number of benzene rings is 1. The van der Waals surface area contributed by atoms with Gasteiger partial charge in [0.25, 0.3) is 5.91 Å². The second-order valence-corrected chi connectivity index (χ2v) is 6.11. The molecule has 0 aliphatic carbocycles. The number of halogens is 1. The van der Waals surface area contributed by atoms with E-state index in [4.69, 9.17) is 0 Å². The molecule has 0 aliphatic heterocycles. The molecule has 1 amide bonds. The highest BCUT2D eigenvalue weighted by molar-refractivity contribution is 9.10. The number of rotatable bonds is 6. The van der Waals surface area contributed by atoms with Gasteiger partial charge in [-0.25, -0.2) is 0 Å². The number of likely N-dealkylation sites (N-methyl/N-ethyl adjacent to an activating group) is 1. The van der Waals surface area contributed by atoms with Crippen LogP contribution in [0.3, 0.4) is 0 Å². The second kappa shape index (κ2) is 7.46. The zero-order valence-corrected chi connectivity index (χ0v) is 14.1. The Labute approximate surface area is 134 Å². The first-order chi connectivity index (χ1) is 10.1. The summed E-state index contributed by atoms with van der Waals surface area (Å²) in [6.07, 6.45) is 3.86. The summed E-state index contributed by atoms with van der Waals surface area (Å²) < 4.78 is 2.97. The fraction of sp³-hybridized carbons (Fsp3) is 0.353. The standard InChI is InChI=1S/C17H21BrN2O/c1-3-10-20-13-15(18)12-16(20)17(21)19(2)11-9-14-7-5-4-6-8-14/h4-8,12-13H,3,9-11H2,1-2H3. The van der Waals surface area contributed by atoms with E-state index in [0.29, 0.717) is 0 Å². The minimum Gasteiger partial charge on any atom is -0.342 e. The minimum absolute atomic E-state index is 0.0741. The molecule has 1 aromatic carbocycles. The summed E-state index contributed by atoms with van der Waals surface area (Å²) in [4.78, 5) is 14.4. The molecule has 4 heteroatoms. The lowest BCUT2D eigenvalue weighted by atomic mass is 10.1. The van der Waals surface area contributed by atoms with Crippen molar-refractivity contribution in [1.82, 2.24) is 9.47 Å². The summed E-state index contributed by atoms with van der Waals surface area (Å²) in [5.41, 5.74) is 2.00. The monoisotopic (exact) mass is 348 g/mol. The fourth-order valence-electron chi connectivity index (χ4n) is 2.32. The van der Waals surface area contributed by atoms with Crippen molar-refractivity contribution in [2.24, 2.45) is 0 Å². The minimum atomic E-state index is 0.0741. The van der Waals surface area contributed by atoms with Gasteiger partial charge in [0.1, 0.15) is 5.69 Å². The van der Waals surface area contributed by atoms with Crippen LogP contribution in [0.2, 0.25) is 0 Å². The molecular formula is C17H21BrN2O. The molecule has 1 heterocycles. The van der Waals surface area contributed by atoms with E-state index in [1.807, 2.05) is 42.1 Å². The van der Waals surface area contributed by atoms with E-state index in [1.54, 1.807) is 4.90 Å². The molecule has 0 aliphatic rings. The Kier molecular flexibility index (Phi) is 5.62. The van der Waals surface area contributed by atoms with Gasteiger partial charge in [-0.15, -0.1) is 0 Å². The van der Waals surface area contributed by atoms with E-state index < -0.39 is 0 Å². The van der Waals surface area contributed by atoms with E-state index in [0.717, 1.165) is 36.1 Å². The number of amides is 1. The van der Waals surface area contributed by atoms with Gasteiger partial charge in [-0.1, -0.05) is 37.3 Å². The molecule has 0 radical (unpaired) electrons. The topological polar surface area (TPSA) is 25.2 Å². The maximum atomic E-state index is 12.6. The van der Waals surface area contributed by atoms with Crippen LogP contribution in [0, 0.1) is 0 Å². The maximum Gasteiger partial charge on any atom is 0.270 e. The molecule has 0 bridgehead atoms. The molecule has 0 spiro atoms. The molecule has 112 valence electrons. The third kappa shape index (κ3) is 4.21. The Bertz CT molecular complexity index is 592. The molecule has 0 fully saturated rings. The largest absolute Gasteiger partial charge is 0.342 e. The highest BCUT2D eigenvalue weighted by atomic mass is 79.9. The molecular weight excluding hydrogens is 328 g/mol. The van der Waals surface area contributed by atoms with Crippen molar-refractivity contribution in [3.8, 4) is 0 Å². The molecule has 1 aromatic heterocycles. The number of aryl methyl sites for hydroxylation is 1. The number of aromatic nitrogens is 1. The second-order valence-electron chi connectivity index (χ2n) is 5.20. The zero-order chi connectivity index (χ0) is 15.2. The summed E-state index contributed by atoms with van der Waals surface area (Å²) in [5, 5.41) is 0. The first kappa shape index (κ1) is 15.8. The molecule has 0 N–H and O–H groups in total. The third-order valence-corrected chi connectivity index (χ3v) is 3.91. The molecule has 21 heavy (non-hydrogen) atoms. The van der Waals surface area contributed by atoms with Crippen LogP contribution >= 0.6 is 15.9 Å². The van der Waals surface area contributed by atoms with Crippen molar-refractivity contribution in [2.75, 3.05) is 13.6 Å². The van der Waals surface area contributed by atoms with Crippen LogP contribution in [-0.4, -0.2) is 29.0 Å². The Hall–Kier alpha value is -1.55. The van der Waals surface area contributed by atoms with Crippen LogP contribution in [0.5, 0.6) is 0 Å². The van der Waals surface area contributed by atoms with E-state index in [1.165, 1.54) is 5.56 Å². The predicted octanol–water partition coefficient (Wildman–Crippen LogP) is 3.98. The molecule has 2 aromatic rings. The average molecular weight is 349 g/mol.